The van der Waals surface area contributed by atoms with Crippen molar-refractivity contribution in [2.75, 3.05) is 0 Å². The molecule has 2 aliphatic carbocycles. The van der Waals surface area contributed by atoms with E-state index >= 15 is 0 Å². The molecular weight excluding hydrogens is 571 g/mol. The monoisotopic (exact) mass is 608 g/mol. The molecule has 3 aliphatic rings. The van der Waals surface area contributed by atoms with Crippen LogP contribution >= 0.6 is 0 Å². The average Bonchev–Trinajstić information content (AvgIpc) is 3.40. The third-order valence-corrected chi connectivity index (χ3v) is 8.78. The summed E-state index contributed by atoms with van der Waals surface area (Å²) < 4.78 is 13.5. The third-order valence-electron chi connectivity index (χ3n) is 8.78. The van der Waals surface area contributed by atoms with E-state index in [1.807, 2.05) is 85.2 Å². The van der Waals surface area contributed by atoms with Gasteiger partial charge in [-0.1, -0.05) is 86.7 Å². The van der Waals surface area contributed by atoms with Gasteiger partial charge in [0, 0.05) is 36.0 Å². The summed E-state index contributed by atoms with van der Waals surface area (Å²) >= 11 is 0. The fourth-order valence-corrected chi connectivity index (χ4v) is 6.44. The van der Waals surface area contributed by atoms with Crippen molar-refractivity contribution in [1.82, 2.24) is 10.6 Å². The maximum absolute atomic E-state index is 13.5. The van der Waals surface area contributed by atoms with Crippen LogP contribution in [0.1, 0.15) is 57.7 Å². The molecule has 0 radical (unpaired) electrons. The number of carbonyl (C=O) groups excluding carboxylic acids is 2. The molecule has 1 amide bonds. The van der Waals surface area contributed by atoms with Crippen LogP contribution in [0, 0.1) is 11.7 Å². The lowest BCUT2D eigenvalue weighted by Gasteiger charge is -2.34. The van der Waals surface area contributed by atoms with E-state index in [-0.39, 0.29) is 28.8 Å². The van der Waals surface area contributed by atoms with E-state index in [9.17, 15) is 14.0 Å². The first-order valence-electron chi connectivity index (χ1n) is 15.7. The lowest BCUT2D eigenvalue weighted by atomic mass is 9.69. The van der Waals surface area contributed by atoms with E-state index in [0.717, 1.165) is 32.7 Å². The van der Waals surface area contributed by atoms with Gasteiger partial charge in [0.1, 0.15) is 5.82 Å². The molecule has 0 fully saturated rings. The Morgan fingerprint density at radius 1 is 0.826 bits per heavy atom. The molecule has 5 heteroatoms. The summed E-state index contributed by atoms with van der Waals surface area (Å²) in [5.74, 6) is -0.692. The van der Waals surface area contributed by atoms with E-state index in [1.165, 1.54) is 17.7 Å². The van der Waals surface area contributed by atoms with Crippen LogP contribution in [-0.2, 0) is 18.4 Å². The lowest BCUT2D eigenvalue weighted by Crippen LogP contribution is -2.43. The summed E-state index contributed by atoms with van der Waals surface area (Å²) in [6.07, 6.45) is 17.3. The van der Waals surface area contributed by atoms with Crippen molar-refractivity contribution < 1.29 is 14.0 Å². The Balaban J connectivity index is 0.000000471. The largest absolute Gasteiger partial charge is 0.368 e. The van der Waals surface area contributed by atoms with E-state index in [1.54, 1.807) is 12.1 Å². The summed E-state index contributed by atoms with van der Waals surface area (Å²) in [7, 11) is 0. The van der Waals surface area contributed by atoms with Gasteiger partial charge in [-0.15, -0.1) is 0 Å². The van der Waals surface area contributed by atoms with E-state index in [2.05, 4.69) is 48.8 Å². The zero-order chi connectivity index (χ0) is 32.1. The highest BCUT2D eigenvalue weighted by molar-refractivity contribution is 6.01. The van der Waals surface area contributed by atoms with Gasteiger partial charge in [-0.2, -0.15) is 0 Å². The standard InChI is InChI=1S/C35H30FNO2.C6H7N/c1-35(2)20-26(33(38)23-8-12-27(36)13-9-23)19-31-30-15-10-24-18-25(11-14-28(24)29(30)16-17-32(31)35)34(39)37-21-22-6-4-3-5-7-22;1-2-4-6-7-5-3-1/h3-9,11-19,26H,10,20-21H2,1-2H3,(H,37,39);1-7H. The van der Waals surface area contributed by atoms with Crippen LogP contribution in [0.3, 0.4) is 0 Å². The molecule has 1 aliphatic heterocycles. The molecule has 230 valence electrons. The SMILES string of the molecule is C1=CC=CNC=C1.CC1(C)CC(C(=O)c2ccc(F)cc2)C=c2c1ccc1c2=CCc2cc(C(=O)NCc3ccccc3)ccc2-1. The van der Waals surface area contributed by atoms with Crippen molar-refractivity contribution >= 4 is 23.8 Å². The minimum absolute atomic E-state index is 0.0219. The summed E-state index contributed by atoms with van der Waals surface area (Å²) in [5.41, 5.74) is 6.65. The van der Waals surface area contributed by atoms with Crippen LogP contribution in [0.2, 0.25) is 0 Å². The summed E-state index contributed by atoms with van der Waals surface area (Å²) in [5, 5.41) is 8.19. The Morgan fingerprint density at radius 2 is 1.52 bits per heavy atom. The van der Waals surface area contributed by atoms with Gasteiger partial charge < -0.3 is 10.6 Å². The van der Waals surface area contributed by atoms with Crippen molar-refractivity contribution in [2.24, 2.45) is 5.92 Å². The number of hydrogen-bond donors (Lipinski definition) is 2. The highest BCUT2D eigenvalue weighted by Gasteiger charge is 2.34. The van der Waals surface area contributed by atoms with E-state index in [4.69, 9.17) is 0 Å². The van der Waals surface area contributed by atoms with Gasteiger partial charge in [-0.3, -0.25) is 9.59 Å². The first kappa shape index (κ1) is 30.7. The number of nitrogens with one attached hydrogen (secondary N) is 2. The molecule has 0 saturated carbocycles. The van der Waals surface area contributed by atoms with Crippen LogP contribution < -0.4 is 21.1 Å². The predicted molar refractivity (Wildman–Crippen MR) is 184 cm³/mol. The minimum atomic E-state index is -0.344. The molecule has 1 heterocycles. The van der Waals surface area contributed by atoms with Gasteiger partial charge in [-0.25, -0.2) is 4.39 Å². The Hall–Kier alpha value is -5.29. The number of allylic oxidation sites excluding steroid dienone is 4. The molecule has 46 heavy (non-hydrogen) atoms. The highest BCUT2D eigenvalue weighted by Crippen LogP contribution is 2.35. The molecule has 2 N–H and O–H groups in total. The summed E-state index contributed by atoms with van der Waals surface area (Å²) in [6.45, 7) is 4.86. The molecule has 0 bridgehead atoms. The Labute approximate surface area is 269 Å². The number of halogens is 1. The number of Topliss-reactive ketones (excluding diaryl/α,β-unsaturated/α-hetero) is 1. The first-order valence-corrected chi connectivity index (χ1v) is 15.7. The van der Waals surface area contributed by atoms with Gasteiger partial charge in [0.25, 0.3) is 5.91 Å². The Kier molecular flexibility index (Phi) is 8.93. The second-order valence-corrected chi connectivity index (χ2v) is 12.4. The summed E-state index contributed by atoms with van der Waals surface area (Å²) in [6, 6.07) is 26.0. The molecule has 4 nitrogen and oxygen atoms in total. The van der Waals surface area contributed by atoms with E-state index < -0.39 is 0 Å². The Morgan fingerprint density at radius 3 is 2.26 bits per heavy atom. The fraction of sp³-hybridized carbons (Fsp3) is 0.171. The van der Waals surface area contributed by atoms with Crippen LogP contribution in [0.4, 0.5) is 4.39 Å². The van der Waals surface area contributed by atoms with Crippen LogP contribution in [0.5, 0.6) is 0 Å². The summed E-state index contributed by atoms with van der Waals surface area (Å²) in [4.78, 5) is 26.3. The van der Waals surface area contributed by atoms with E-state index in [0.29, 0.717) is 30.5 Å². The molecule has 4 aromatic carbocycles. The molecule has 0 spiro atoms. The van der Waals surface area contributed by atoms with Gasteiger partial charge >= 0.3 is 0 Å². The average molecular weight is 609 g/mol. The molecule has 0 aromatic heterocycles. The molecule has 1 atom stereocenters. The van der Waals surface area contributed by atoms with Crippen molar-refractivity contribution in [1.29, 1.82) is 0 Å². The highest BCUT2D eigenvalue weighted by atomic mass is 19.1. The number of carbonyl (C=O) groups is 2. The van der Waals surface area contributed by atoms with Gasteiger partial charge in [0.2, 0.25) is 0 Å². The fourth-order valence-electron chi connectivity index (χ4n) is 6.44. The molecular formula is C41H37FN2O2. The van der Waals surface area contributed by atoms with Gasteiger partial charge in [-0.05, 0) is 105 Å². The maximum Gasteiger partial charge on any atom is 0.251 e. The molecule has 4 aromatic rings. The smallest absolute Gasteiger partial charge is 0.251 e. The van der Waals surface area contributed by atoms with Crippen molar-refractivity contribution in [3.63, 3.8) is 0 Å². The number of fused-ring (bicyclic) bond motifs is 5. The van der Waals surface area contributed by atoms with Gasteiger partial charge in [0.05, 0.1) is 0 Å². The van der Waals surface area contributed by atoms with Crippen LogP contribution in [-0.4, -0.2) is 11.7 Å². The second kappa shape index (κ2) is 13.4. The number of hydrogen-bond acceptors (Lipinski definition) is 3. The number of rotatable bonds is 5. The minimum Gasteiger partial charge on any atom is -0.368 e. The van der Waals surface area contributed by atoms with Crippen LogP contribution in [0.25, 0.3) is 23.3 Å². The zero-order valence-corrected chi connectivity index (χ0v) is 26.1. The Bertz CT molecular complexity index is 1970. The quantitative estimate of drug-likeness (QED) is 0.243. The topological polar surface area (TPSA) is 58.2 Å². The first-order chi connectivity index (χ1) is 22.3. The second-order valence-electron chi connectivity index (χ2n) is 12.4. The van der Waals surface area contributed by atoms with Gasteiger partial charge in [0.15, 0.2) is 5.78 Å². The molecule has 7 rings (SSSR count). The normalized spacial score (nSPS) is 16.5. The number of benzene rings is 4. The number of amides is 1. The van der Waals surface area contributed by atoms with Crippen LogP contribution in [0.15, 0.2) is 122 Å². The van der Waals surface area contributed by atoms with Crippen molar-refractivity contribution in [3.05, 3.63) is 166 Å². The van der Waals surface area contributed by atoms with Crippen molar-refractivity contribution in [3.8, 4) is 11.1 Å². The number of ketones is 1. The maximum atomic E-state index is 13.5. The molecule has 1 unspecified atom stereocenters. The van der Waals surface area contributed by atoms with Crippen molar-refractivity contribution in [2.45, 2.75) is 38.6 Å². The predicted octanol–water partition coefficient (Wildman–Crippen LogP) is 6.89. The zero-order valence-electron chi connectivity index (χ0n) is 26.1. The molecule has 0 saturated heterocycles. The lowest BCUT2D eigenvalue weighted by molar-refractivity contribution is 0.0930. The third kappa shape index (κ3) is 6.69.